The lowest BCUT2D eigenvalue weighted by atomic mass is 9.81. The first-order valence-corrected chi connectivity index (χ1v) is 13.3. The topological polar surface area (TPSA) is 115 Å². The number of nitrogens with zero attached hydrogens (tertiary/aromatic N) is 1. The first-order chi connectivity index (χ1) is 18.9. The van der Waals surface area contributed by atoms with Gasteiger partial charge >= 0.3 is 5.97 Å². The molecule has 0 saturated carbocycles. The molecule has 10 heteroatoms. The SMILES string of the molecule is CCOC(=O)c1ccccc1NC(=O)CN1C2CCCC1CC(NC(=O)c1cc(OC)c(OC)c(OC)c1)C2. The third kappa shape index (κ3) is 6.44. The monoisotopic (exact) mass is 539 g/mol. The number of ether oxygens (including phenoxy) is 4. The van der Waals surface area contributed by atoms with Gasteiger partial charge in [-0.25, -0.2) is 4.79 Å². The highest BCUT2D eigenvalue weighted by atomic mass is 16.5. The van der Waals surface area contributed by atoms with E-state index in [-0.39, 0.29) is 43.1 Å². The Bertz CT molecular complexity index is 1160. The molecule has 10 nitrogen and oxygen atoms in total. The van der Waals surface area contributed by atoms with E-state index in [1.54, 1.807) is 43.3 Å². The van der Waals surface area contributed by atoms with Crippen LogP contribution in [0.25, 0.3) is 0 Å². The van der Waals surface area contributed by atoms with E-state index in [4.69, 9.17) is 18.9 Å². The number of amides is 2. The Morgan fingerprint density at radius 1 is 0.949 bits per heavy atom. The fourth-order valence-corrected chi connectivity index (χ4v) is 5.67. The summed E-state index contributed by atoms with van der Waals surface area (Å²) in [6.07, 6.45) is 4.50. The highest BCUT2D eigenvalue weighted by Gasteiger charge is 2.39. The van der Waals surface area contributed by atoms with Crippen LogP contribution in [0, 0.1) is 0 Å². The second kappa shape index (κ2) is 12.8. The van der Waals surface area contributed by atoms with Gasteiger partial charge < -0.3 is 29.6 Å². The average molecular weight is 540 g/mol. The summed E-state index contributed by atoms with van der Waals surface area (Å²) in [5.41, 5.74) is 1.21. The molecule has 0 radical (unpaired) electrons. The molecule has 2 fully saturated rings. The molecule has 4 rings (SSSR count). The van der Waals surface area contributed by atoms with Crippen molar-refractivity contribution in [1.29, 1.82) is 0 Å². The molecule has 210 valence electrons. The van der Waals surface area contributed by atoms with E-state index in [2.05, 4.69) is 15.5 Å². The van der Waals surface area contributed by atoms with Gasteiger partial charge in [0.05, 0.1) is 45.7 Å². The van der Waals surface area contributed by atoms with E-state index in [0.29, 0.717) is 34.1 Å². The summed E-state index contributed by atoms with van der Waals surface area (Å²) < 4.78 is 21.3. The Balaban J connectivity index is 1.40. The zero-order valence-electron chi connectivity index (χ0n) is 23.0. The van der Waals surface area contributed by atoms with E-state index in [9.17, 15) is 14.4 Å². The quantitative estimate of drug-likeness (QED) is 0.440. The highest BCUT2D eigenvalue weighted by molar-refractivity contribution is 6.01. The molecule has 2 bridgehead atoms. The lowest BCUT2D eigenvalue weighted by molar-refractivity contribution is -0.120. The van der Waals surface area contributed by atoms with Crippen LogP contribution in [0.4, 0.5) is 5.69 Å². The van der Waals surface area contributed by atoms with Gasteiger partial charge in [-0.05, 0) is 56.9 Å². The third-order valence-corrected chi connectivity index (χ3v) is 7.41. The zero-order valence-corrected chi connectivity index (χ0v) is 23.0. The van der Waals surface area contributed by atoms with Gasteiger partial charge in [0, 0.05) is 23.7 Å². The smallest absolute Gasteiger partial charge is 0.340 e. The minimum absolute atomic E-state index is 0.0178. The molecule has 2 N–H and O–H groups in total. The average Bonchev–Trinajstić information content (AvgIpc) is 2.92. The normalized spacial score (nSPS) is 20.5. The Kier molecular flexibility index (Phi) is 9.29. The van der Waals surface area contributed by atoms with Crippen molar-refractivity contribution in [3.8, 4) is 17.2 Å². The first-order valence-electron chi connectivity index (χ1n) is 13.3. The summed E-state index contributed by atoms with van der Waals surface area (Å²) in [5, 5.41) is 6.08. The van der Waals surface area contributed by atoms with E-state index in [1.807, 2.05) is 0 Å². The van der Waals surface area contributed by atoms with E-state index < -0.39 is 5.97 Å². The molecule has 2 aliphatic heterocycles. The molecule has 0 aromatic heterocycles. The molecule has 0 aliphatic carbocycles. The summed E-state index contributed by atoms with van der Waals surface area (Å²) in [7, 11) is 4.55. The number of para-hydroxylation sites is 1. The van der Waals surface area contributed by atoms with Crippen LogP contribution in [-0.2, 0) is 9.53 Å². The summed E-state index contributed by atoms with van der Waals surface area (Å²) in [6.45, 7) is 2.23. The number of benzene rings is 2. The fraction of sp³-hybridized carbons (Fsp3) is 0.483. The van der Waals surface area contributed by atoms with Crippen molar-refractivity contribution in [2.75, 3.05) is 39.8 Å². The number of esters is 1. The van der Waals surface area contributed by atoms with Crippen LogP contribution in [0.2, 0.25) is 0 Å². The second-order valence-electron chi connectivity index (χ2n) is 9.78. The molecule has 2 aromatic carbocycles. The molecule has 2 heterocycles. The molecule has 2 atom stereocenters. The predicted molar refractivity (Wildman–Crippen MR) is 146 cm³/mol. The molecule has 2 aromatic rings. The van der Waals surface area contributed by atoms with Crippen LogP contribution in [0.15, 0.2) is 36.4 Å². The van der Waals surface area contributed by atoms with Crippen LogP contribution in [-0.4, -0.2) is 75.3 Å². The van der Waals surface area contributed by atoms with Crippen molar-refractivity contribution in [2.24, 2.45) is 0 Å². The number of rotatable bonds is 10. The summed E-state index contributed by atoms with van der Waals surface area (Å²) in [5.74, 6) is 0.424. The number of hydrogen-bond acceptors (Lipinski definition) is 8. The van der Waals surface area contributed by atoms with Gasteiger partial charge in [-0.15, -0.1) is 0 Å². The van der Waals surface area contributed by atoms with Crippen molar-refractivity contribution < 1.29 is 33.3 Å². The number of hydrogen-bond donors (Lipinski definition) is 2. The molecule has 2 amide bonds. The molecular weight excluding hydrogens is 502 g/mol. The lowest BCUT2D eigenvalue weighted by Crippen LogP contribution is -2.58. The number of fused-ring (bicyclic) bond motifs is 2. The van der Waals surface area contributed by atoms with Gasteiger partial charge in [0.1, 0.15) is 0 Å². The number of anilines is 1. The molecular formula is C29H37N3O7. The van der Waals surface area contributed by atoms with Crippen LogP contribution in [0.5, 0.6) is 17.2 Å². The van der Waals surface area contributed by atoms with Crippen LogP contribution in [0.3, 0.4) is 0 Å². The van der Waals surface area contributed by atoms with Gasteiger partial charge in [0.2, 0.25) is 11.7 Å². The van der Waals surface area contributed by atoms with Gasteiger partial charge in [-0.3, -0.25) is 14.5 Å². The Hall–Kier alpha value is -3.79. The maximum atomic E-state index is 13.2. The van der Waals surface area contributed by atoms with E-state index >= 15 is 0 Å². The Morgan fingerprint density at radius 3 is 2.18 bits per heavy atom. The molecule has 0 spiro atoms. The molecule has 39 heavy (non-hydrogen) atoms. The summed E-state index contributed by atoms with van der Waals surface area (Å²) in [6, 6.07) is 10.5. The fourth-order valence-electron chi connectivity index (χ4n) is 5.67. The van der Waals surface area contributed by atoms with E-state index in [1.165, 1.54) is 21.3 Å². The first kappa shape index (κ1) is 28.2. The maximum absolute atomic E-state index is 13.2. The maximum Gasteiger partial charge on any atom is 0.340 e. The van der Waals surface area contributed by atoms with Crippen LogP contribution < -0.4 is 24.8 Å². The van der Waals surface area contributed by atoms with Crippen molar-refractivity contribution in [2.45, 2.75) is 57.2 Å². The predicted octanol–water partition coefficient (Wildman–Crippen LogP) is 3.64. The molecule has 2 unspecified atom stereocenters. The van der Waals surface area contributed by atoms with Crippen LogP contribution >= 0.6 is 0 Å². The van der Waals surface area contributed by atoms with Crippen LogP contribution in [0.1, 0.15) is 59.7 Å². The van der Waals surface area contributed by atoms with Gasteiger partial charge in [-0.1, -0.05) is 18.6 Å². The van der Waals surface area contributed by atoms with E-state index in [0.717, 1.165) is 32.1 Å². The highest BCUT2D eigenvalue weighted by Crippen LogP contribution is 2.39. The van der Waals surface area contributed by atoms with Crippen molar-refractivity contribution in [3.63, 3.8) is 0 Å². The molecule has 2 saturated heterocycles. The minimum Gasteiger partial charge on any atom is -0.493 e. The third-order valence-electron chi connectivity index (χ3n) is 7.41. The number of piperidine rings is 2. The molecule has 2 aliphatic rings. The minimum atomic E-state index is -0.464. The summed E-state index contributed by atoms with van der Waals surface area (Å²) >= 11 is 0. The number of nitrogens with one attached hydrogen (secondary N) is 2. The second-order valence-corrected chi connectivity index (χ2v) is 9.78. The van der Waals surface area contributed by atoms with Crippen molar-refractivity contribution in [1.82, 2.24) is 10.2 Å². The Morgan fingerprint density at radius 2 is 1.59 bits per heavy atom. The lowest BCUT2D eigenvalue weighted by Gasteiger charge is -2.48. The Labute approximate surface area is 228 Å². The van der Waals surface area contributed by atoms with Gasteiger partial charge in [0.15, 0.2) is 11.5 Å². The standard InChI is InChI=1S/C29H37N3O7/c1-5-39-29(35)22-11-6-7-12-23(22)31-26(33)17-32-20-9-8-10-21(32)16-19(15-20)30-28(34)18-13-24(36-2)27(38-4)25(14-18)37-3/h6-7,11-14,19-21H,5,8-10,15-17H2,1-4H3,(H,30,34)(H,31,33). The largest absolute Gasteiger partial charge is 0.493 e. The van der Waals surface area contributed by atoms with Gasteiger partial charge in [0.25, 0.3) is 5.91 Å². The number of carbonyl (C=O) groups is 3. The number of carbonyl (C=O) groups excluding carboxylic acids is 3. The van der Waals surface area contributed by atoms with Gasteiger partial charge in [-0.2, -0.15) is 0 Å². The van der Waals surface area contributed by atoms with Crippen molar-refractivity contribution >= 4 is 23.5 Å². The van der Waals surface area contributed by atoms with Crippen molar-refractivity contribution in [3.05, 3.63) is 47.5 Å². The zero-order chi connectivity index (χ0) is 27.9. The number of methoxy groups -OCH3 is 3. The summed E-state index contributed by atoms with van der Waals surface area (Å²) in [4.78, 5) is 40.8.